The van der Waals surface area contributed by atoms with E-state index in [1.54, 1.807) is 4.90 Å². The van der Waals surface area contributed by atoms with Gasteiger partial charge in [0.2, 0.25) is 0 Å². The Hall–Kier alpha value is -1.56. The number of carbonyl (C=O) groups is 1. The molecule has 6 heteroatoms. The number of hydrogen-bond acceptors (Lipinski definition) is 4. The number of nitrogens with zero attached hydrogens (tertiary/aromatic N) is 2. The highest BCUT2D eigenvalue weighted by atomic mass is 16.6. The molecule has 18 heavy (non-hydrogen) atoms. The van der Waals surface area contributed by atoms with Gasteiger partial charge in [-0.25, -0.2) is 4.79 Å². The van der Waals surface area contributed by atoms with Crippen LogP contribution in [0.1, 0.15) is 37.7 Å². The summed E-state index contributed by atoms with van der Waals surface area (Å²) < 4.78 is 5.35. The topological polar surface area (TPSA) is 84.2 Å². The quantitative estimate of drug-likeness (QED) is 0.785. The standard InChI is InChI=1S/C12H20N4O2/c1-12(2,3)18-11(17)16-5-4-8-9(6-13)14-15-10(8)7-16/h4-7,13H2,1-3H3,(H,14,15). The molecule has 1 aliphatic rings. The molecule has 0 saturated heterocycles. The van der Waals surface area contributed by atoms with E-state index in [0.717, 1.165) is 23.4 Å². The summed E-state index contributed by atoms with van der Waals surface area (Å²) in [5.41, 5.74) is 8.16. The fourth-order valence-corrected chi connectivity index (χ4v) is 2.04. The number of aromatic amines is 1. The van der Waals surface area contributed by atoms with Gasteiger partial charge in [-0.2, -0.15) is 5.10 Å². The van der Waals surface area contributed by atoms with Gasteiger partial charge in [0.1, 0.15) is 5.60 Å². The predicted octanol–water partition coefficient (Wildman–Crippen LogP) is 1.16. The van der Waals surface area contributed by atoms with Crippen molar-refractivity contribution in [3.63, 3.8) is 0 Å². The van der Waals surface area contributed by atoms with Crippen LogP contribution in [-0.2, 0) is 24.2 Å². The van der Waals surface area contributed by atoms with Gasteiger partial charge in [-0.3, -0.25) is 5.10 Å². The summed E-state index contributed by atoms with van der Waals surface area (Å²) in [6, 6.07) is 0. The summed E-state index contributed by atoms with van der Waals surface area (Å²) in [7, 11) is 0. The van der Waals surface area contributed by atoms with E-state index in [1.165, 1.54) is 0 Å². The first-order valence-electron chi connectivity index (χ1n) is 6.13. The summed E-state index contributed by atoms with van der Waals surface area (Å²) in [6.45, 7) is 7.18. The largest absolute Gasteiger partial charge is 0.444 e. The molecule has 0 radical (unpaired) electrons. The zero-order valence-corrected chi connectivity index (χ0v) is 11.1. The van der Waals surface area contributed by atoms with Gasteiger partial charge in [0, 0.05) is 18.7 Å². The lowest BCUT2D eigenvalue weighted by molar-refractivity contribution is 0.0221. The monoisotopic (exact) mass is 252 g/mol. The maximum absolute atomic E-state index is 11.9. The molecule has 1 aliphatic heterocycles. The molecule has 1 amide bonds. The second-order valence-electron chi connectivity index (χ2n) is 5.48. The Kier molecular flexibility index (Phi) is 3.30. The molecule has 0 bridgehead atoms. The van der Waals surface area contributed by atoms with Crippen LogP contribution in [0.5, 0.6) is 0 Å². The van der Waals surface area contributed by atoms with Gasteiger partial charge < -0.3 is 15.4 Å². The molecule has 0 aliphatic carbocycles. The molecule has 1 aromatic rings. The number of nitrogens with one attached hydrogen (secondary N) is 1. The number of hydrogen-bond donors (Lipinski definition) is 2. The second-order valence-corrected chi connectivity index (χ2v) is 5.48. The summed E-state index contributed by atoms with van der Waals surface area (Å²) in [4.78, 5) is 13.6. The normalized spacial score (nSPS) is 15.4. The lowest BCUT2D eigenvalue weighted by Gasteiger charge is -2.29. The molecule has 100 valence electrons. The molecule has 0 fully saturated rings. The van der Waals surface area contributed by atoms with Crippen molar-refractivity contribution in [3.05, 3.63) is 17.0 Å². The number of carbonyl (C=O) groups excluding carboxylic acids is 1. The molecule has 0 saturated carbocycles. The molecular formula is C12H20N4O2. The maximum Gasteiger partial charge on any atom is 0.410 e. The van der Waals surface area contributed by atoms with Crippen LogP contribution in [0.3, 0.4) is 0 Å². The Morgan fingerprint density at radius 1 is 1.56 bits per heavy atom. The summed E-state index contributed by atoms with van der Waals surface area (Å²) >= 11 is 0. The van der Waals surface area contributed by atoms with Crippen molar-refractivity contribution in [1.82, 2.24) is 15.1 Å². The first-order chi connectivity index (χ1) is 8.40. The lowest BCUT2D eigenvalue weighted by Crippen LogP contribution is -2.40. The highest BCUT2D eigenvalue weighted by Gasteiger charge is 2.27. The fourth-order valence-electron chi connectivity index (χ4n) is 2.04. The molecule has 0 unspecified atom stereocenters. The van der Waals surface area contributed by atoms with Gasteiger partial charge in [-0.1, -0.05) is 0 Å². The molecular weight excluding hydrogens is 232 g/mol. The first kappa shape index (κ1) is 12.9. The summed E-state index contributed by atoms with van der Waals surface area (Å²) in [6.07, 6.45) is 0.495. The van der Waals surface area contributed by atoms with Gasteiger partial charge in [0.15, 0.2) is 0 Å². The minimum Gasteiger partial charge on any atom is -0.444 e. The third-order valence-electron chi connectivity index (χ3n) is 2.86. The van der Waals surface area contributed by atoms with Gasteiger partial charge in [-0.15, -0.1) is 0 Å². The lowest BCUT2D eigenvalue weighted by atomic mass is 10.0. The van der Waals surface area contributed by atoms with Gasteiger partial charge in [-0.05, 0) is 27.2 Å². The molecule has 1 aromatic heterocycles. The molecule has 0 spiro atoms. The maximum atomic E-state index is 11.9. The number of fused-ring (bicyclic) bond motifs is 1. The Morgan fingerprint density at radius 2 is 2.28 bits per heavy atom. The highest BCUT2D eigenvalue weighted by molar-refractivity contribution is 5.68. The van der Waals surface area contributed by atoms with Crippen molar-refractivity contribution >= 4 is 6.09 Å². The first-order valence-corrected chi connectivity index (χ1v) is 6.13. The minimum absolute atomic E-state index is 0.281. The summed E-state index contributed by atoms with van der Waals surface area (Å²) in [5.74, 6) is 0. The number of aromatic nitrogens is 2. The van der Waals surface area contributed by atoms with Crippen LogP contribution < -0.4 is 5.73 Å². The van der Waals surface area contributed by atoms with Gasteiger partial charge >= 0.3 is 6.09 Å². The van der Waals surface area contributed by atoms with E-state index >= 15 is 0 Å². The van der Waals surface area contributed by atoms with Crippen LogP contribution in [0.4, 0.5) is 4.79 Å². The molecule has 0 atom stereocenters. The number of amides is 1. The zero-order valence-electron chi connectivity index (χ0n) is 11.1. The Labute approximate surface area is 106 Å². The van der Waals surface area contributed by atoms with Crippen LogP contribution in [0.2, 0.25) is 0 Å². The summed E-state index contributed by atoms with van der Waals surface area (Å²) in [5, 5.41) is 7.10. The van der Waals surface area contributed by atoms with E-state index in [4.69, 9.17) is 10.5 Å². The molecule has 2 rings (SSSR count). The average molecular weight is 252 g/mol. The highest BCUT2D eigenvalue weighted by Crippen LogP contribution is 2.21. The van der Waals surface area contributed by atoms with E-state index in [1.807, 2.05) is 20.8 Å². The van der Waals surface area contributed by atoms with Crippen LogP contribution in [0, 0.1) is 0 Å². The van der Waals surface area contributed by atoms with Gasteiger partial charge in [0.25, 0.3) is 0 Å². The van der Waals surface area contributed by atoms with Crippen LogP contribution in [-0.4, -0.2) is 33.3 Å². The van der Waals surface area contributed by atoms with Crippen LogP contribution in [0.15, 0.2) is 0 Å². The Balaban J connectivity index is 2.06. The van der Waals surface area contributed by atoms with E-state index in [-0.39, 0.29) is 6.09 Å². The number of nitrogens with two attached hydrogens (primary N) is 1. The molecule has 0 aromatic carbocycles. The van der Waals surface area contributed by atoms with Crippen molar-refractivity contribution in [2.75, 3.05) is 6.54 Å². The van der Waals surface area contributed by atoms with Crippen molar-refractivity contribution in [1.29, 1.82) is 0 Å². The van der Waals surface area contributed by atoms with E-state index in [9.17, 15) is 4.79 Å². The smallest absolute Gasteiger partial charge is 0.410 e. The average Bonchev–Trinajstić information content (AvgIpc) is 2.68. The third kappa shape index (κ3) is 2.64. The van der Waals surface area contributed by atoms with E-state index in [0.29, 0.717) is 19.6 Å². The minimum atomic E-state index is -0.465. The van der Waals surface area contributed by atoms with Crippen molar-refractivity contribution in [2.24, 2.45) is 5.73 Å². The second kappa shape index (κ2) is 4.61. The van der Waals surface area contributed by atoms with E-state index in [2.05, 4.69) is 10.2 Å². The third-order valence-corrected chi connectivity index (χ3v) is 2.86. The van der Waals surface area contributed by atoms with Crippen LogP contribution >= 0.6 is 0 Å². The zero-order chi connectivity index (χ0) is 13.3. The molecule has 2 heterocycles. The van der Waals surface area contributed by atoms with Crippen molar-refractivity contribution < 1.29 is 9.53 Å². The number of ether oxygens (including phenoxy) is 1. The fraction of sp³-hybridized carbons (Fsp3) is 0.667. The predicted molar refractivity (Wildman–Crippen MR) is 66.8 cm³/mol. The number of rotatable bonds is 1. The van der Waals surface area contributed by atoms with E-state index < -0.39 is 5.60 Å². The molecule has 3 N–H and O–H groups in total. The van der Waals surface area contributed by atoms with Crippen molar-refractivity contribution in [3.8, 4) is 0 Å². The van der Waals surface area contributed by atoms with Gasteiger partial charge in [0.05, 0.1) is 17.9 Å². The van der Waals surface area contributed by atoms with Crippen molar-refractivity contribution in [2.45, 2.75) is 45.9 Å². The SMILES string of the molecule is CC(C)(C)OC(=O)N1CCc2c(CN)n[nH]c2C1. The molecule has 6 nitrogen and oxygen atoms in total. The Morgan fingerprint density at radius 3 is 2.89 bits per heavy atom. The number of H-pyrrole nitrogens is 1. The van der Waals surface area contributed by atoms with Crippen LogP contribution in [0.25, 0.3) is 0 Å². The Bertz CT molecular complexity index is 447.